The predicted molar refractivity (Wildman–Crippen MR) is 128 cm³/mol. The van der Waals surface area contributed by atoms with E-state index in [9.17, 15) is 13.2 Å². The molecule has 0 radical (unpaired) electrons. The number of hydrogen-bond acceptors (Lipinski definition) is 5. The van der Waals surface area contributed by atoms with Gasteiger partial charge in [-0.15, -0.1) is 0 Å². The van der Waals surface area contributed by atoms with E-state index in [4.69, 9.17) is 9.47 Å². The van der Waals surface area contributed by atoms with Gasteiger partial charge in [-0.05, 0) is 36.8 Å². The fourth-order valence-corrected chi connectivity index (χ4v) is 6.66. The quantitative estimate of drug-likeness (QED) is 0.555. The van der Waals surface area contributed by atoms with Gasteiger partial charge in [0.2, 0.25) is 10.0 Å². The first-order valence-electron chi connectivity index (χ1n) is 11.1. The minimum absolute atomic E-state index is 0.130. The van der Waals surface area contributed by atoms with Crippen LogP contribution in [0.3, 0.4) is 0 Å². The van der Waals surface area contributed by atoms with Crippen molar-refractivity contribution in [1.82, 2.24) is 9.21 Å². The van der Waals surface area contributed by atoms with Gasteiger partial charge in [0.05, 0.1) is 31.2 Å². The zero-order valence-electron chi connectivity index (χ0n) is 19.3. The summed E-state index contributed by atoms with van der Waals surface area (Å²) in [6, 6.07) is 18.6. The minimum atomic E-state index is -3.85. The van der Waals surface area contributed by atoms with E-state index in [-0.39, 0.29) is 23.9 Å². The Morgan fingerprint density at radius 3 is 2.21 bits per heavy atom. The Kier molecular flexibility index (Phi) is 5.58. The number of carbonyl (C=O) groups excluding carboxylic acids is 1. The molecule has 0 aromatic heterocycles. The molecule has 0 saturated carbocycles. The minimum Gasteiger partial charge on any atom is -0.493 e. The average molecular weight is 479 g/mol. The van der Waals surface area contributed by atoms with Crippen molar-refractivity contribution in [2.75, 3.05) is 27.3 Å². The summed E-state index contributed by atoms with van der Waals surface area (Å²) >= 11 is 0. The van der Waals surface area contributed by atoms with E-state index in [1.165, 1.54) is 11.4 Å². The third-order valence-electron chi connectivity index (χ3n) is 6.65. The van der Waals surface area contributed by atoms with Crippen LogP contribution in [0.1, 0.15) is 39.1 Å². The van der Waals surface area contributed by atoms with Crippen molar-refractivity contribution in [3.05, 3.63) is 89.0 Å². The molecule has 34 heavy (non-hydrogen) atoms. The number of rotatable bonds is 5. The Hall–Kier alpha value is -3.36. The van der Waals surface area contributed by atoms with Gasteiger partial charge in [-0.2, -0.15) is 4.31 Å². The van der Waals surface area contributed by atoms with Crippen LogP contribution < -0.4 is 9.47 Å². The maximum Gasteiger partial charge on any atom is 0.254 e. The van der Waals surface area contributed by atoms with Crippen molar-refractivity contribution in [3.63, 3.8) is 0 Å². The van der Waals surface area contributed by atoms with Gasteiger partial charge in [0.1, 0.15) is 0 Å². The summed E-state index contributed by atoms with van der Waals surface area (Å²) in [5, 5.41) is 0. The van der Waals surface area contributed by atoms with E-state index < -0.39 is 22.1 Å². The van der Waals surface area contributed by atoms with Gasteiger partial charge >= 0.3 is 0 Å². The molecule has 3 aromatic rings. The lowest BCUT2D eigenvalue weighted by molar-refractivity contribution is 0.0484. The maximum absolute atomic E-state index is 13.9. The van der Waals surface area contributed by atoms with Crippen molar-refractivity contribution in [1.29, 1.82) is 0 Å². The van der Waals surface area contributed by atoms with Crippen molar-refractivity contribution in [2.24, 2.45) is 0 Å². The van der Waals surface area contributed by atoms with Crippen molar-refractivity contribution < 1.29 is 22.7 Å². The molecule has 1 amide bonds. The molecule has 5 rings (SSSR count). The van der Waals surface area contributed by atoms with Gasteiger partial charge in [-0.25, -0.2) is 8.42 Å². The molecular formula is C26H26N2O5S. The summed E-state index contributed by atoms with van der Waals surface area (Å²) < 4.78 is 40.6. The predicted octanol–water partition coefficient (Wildman–Crippen LogP) is 3.95. The number of piperazine rings is 1. The highest BCUT2D eigenvalue weighted by Crippen LogP contribution is 2.53. The van der Waals surface area contributed by atoms with Crippen LogP contribution in [0.5, 0.6) is 11.5 Å². The largest absolute Gasteiger partial charge is 0.493 e. The molecule has 2 heterocycles. The number of benzene rings is 3. The molecule has 1 fully saturated rings. The normalized spacial score (nSPS) is 20.1. The van der Waals surface area contributed by atoms with Crippen LogP contribution in [0.25, 0.3) is 0 Å². The number of aryl methyl sites for hydroxylation is 1. The average Bonchev–Trinajstić information content (AvgIpc) is 3.15. The molecule has 0 bridgehead atoms. The Morgan fingerprint density at radius 2 is 1.56 bits per heavy atom. The Bertz CT molecular complexity index is 1340. The number of sulfonamides is 1. The van der Waals surface area contributed by atoms with Crippen molar-refractivity contribution in [2.45, 2.75) is 23.9 Å². The standard InChI is InChI=1S/C26H26N2O5S/c1-17-9-11-19(12-10-17)34(30,31)28-16-15-27-24(23(28)18-7-5-4-6-8-18)22-20(26(27)29)13-14-21(32-2)25(22)33-3/h4-14,23-24H,15-16H2,1-3H3/t23-,24-/m1/s1. The molecule has 0 unspecified atom stereocenters. The Labute approximate surface area is 199 Å². The van der Waals surface area contributed by atoms with Crippen LogP contribution in [-0.4, -0.2) is 50.8 Å². The molecule has 2 aliphatic rings. The molecule has 176 valence electrons. The molecule has 7 nitrogen and oxygen atoms in total. The van der Waals surface area contributed by atoms with Crippen LogP contribution in [0.2, 0.25) is 0 Å². The SMILES string of the molecule is COc1ccc2c(c1OC)[C@@H]1[C@@H](c3ccccc3)N(S(=O)(=O)c3ccc(C)cc3)CCN1C2=O. The van der Waals surface area contributed by atoms with Gasteiger partial charge in [-0.1, -0.05) is 48.0 Å². The molecule has 2 aliphatic heterocycles. The van der Waals surface area contributed by atoms with Gasteiger partial charge in [0, 0.05) is 24.2 Å². The summed E-state index contributed by atoms with van der Waals surface area (Å²) in [5.41, 5.74) is 2.96. The zero-order chi connectivity index (χ0) is 24.0. The highest BCUT2D eigenvalue weighted by Gasteiger charge is 2.52. The fraction of sp³-hybridized carbons (Fsp3) is 0.269. The maximum atomic E-state index is 13.9. The highest BCUT2D eigenvalue weighted by atomic mass is 32.2. The summed E-state index contributed by atoms with van der Waals surface area (Å²) in [7, 11) is -0.768. The fourth-order valence-electron chi connectivity index (χ4n) is 5.05. The first-order chi connectivity index (χ1) is 16.4. The summed E-state index contributed by atoms with van der Waals surface area (Å²) in [4.78, 5) is 15.4. The van der Waals surface area contributed by atoms with Gasteiger partial charge in [-0.3, -0.25) is 4.79 Å². The summed E-state index contributed by atoms with van der Waals surface area (Å²) in [6.45, 7) is 2.38. The lowest BCUT2D eigenvalue weighted by Gasteiger charge is -2.44. The second-order valence-corrected chi connectivity index (χ2v) is 10.4. The van der Waals surface area contributed by atoms with E-state index in [1.54, 1.807) is 48.4 Å². The summed E-state index contributed by atoms with van der Waals surface area (Å²) in [6.07, 6.45) is 0. The van der Waals surface area contributed by atoms with Gasteiger partial charge < -0.3 is 14.4 Å². The van der Waals surface area contributed by atoms with E-state index in [1.807, 2.05) is 37.3 Å². The molecule has 2 atom stereocenters. The van der Waals surface area contributed by atoms with Gasteiger partial charge in [0.15, 0.2) is 11.5 Å². The molecule has 8 heteroatoms. The van der Waals surface area contributed by atoms with Crippen LogP contribution in [-0.2, 0) is 10.0 Å². The number of amides is 1. The second kappa shape index (κ2) is 8.45. The second-order valence-electron chi connectivity index (χ2n) is 8.49. The molecule has 3 aromatic carbocycles. The molecule has 0 spiro atoms. The highest BCUT2D eigenvalue weighted by molar-refractivity contribution is 7.89. The first-order valence-corrected chi connectivity index (χ1v) is 12.5. The number of fused-ring (bicyclic) bond motifs is 3. The third-order valence-corrected chi connectivity index (χ3v) is 8.54. The Balaban J connectivity index is 1.72. The number of carbonyl (C=O) groups is 1. The van der Waals surface area contributed by atoms with Crippen molar-refractivity contribution in [3.8, 4) is 11.5 Å². The topological polar surface area (TPSA) is 76.2 Å². The summed E-state index contributed by atoms with van der Waals surface area (Å²) in [5.74, 6) is 0.826. The first kappa shape index (κ1) is 22.4. The van der Waals surface area contributed by atoms with Crippen LogP contribution in [0, 0.1) is 6.92 Å². The lowest BCUT2D eigenvalue weighted by Crippen LogP contribution is -2.51. The zero-order valence-corrected chi connectivity index (χ0v) is 20.1. The van der Waals surface area contributed by atoms with Gasteiger partial charge in [0.25, 0.3) is 5.91 Å². The van der Waals surface area contributed by atoms with E-state index in [2.05, 4.69) is 0 Å². The van der Waals surface area contributed by atoms with Crippen LogP contribution in [0.4, 0.5) is 0 Å². The number of methoxy groups -OCH3 is 2. The molecule has 1 saturated heterocycles. The van der Waals surface area contributed by atoms with Crippen LogP contribution >= 0.6 is 0 Å². The van der Waals surface area contributed by atoms with E-state index in [0.29, 0.717) is 22.6 Å². The monoisotopic (exact) mass is 478 g/mol. The van der Waals surface area contributed by atoms with E-state index >= 15 is 0 Å². The number of hydrogen-bond donors (Lipinski definition) is 0. The third kappa shape index (κ3) is 3.36. The molecule has 0 N–H and O–H groups in total. The molecule has 0 aliphatic carbocycles. The Morgan fingerprint density at radius 1 is 0.853 bits per heavy atom. The smallest absolute Gasteiger partial charge is 0.254 e. The lowest BCUT2D eigenvalue weighted by atomic mass is 9.90. The van der Waals surface area contributed by atoms with Crippen molar-refractivity contribution >= 4 is 15.9 Å². The van der Waals surface area contributed by atoms with E-state index in [0.717, 1.165) is 11.1 Å². The number of nitrogens with zero attached hydrogens (tertiary/aromatic N) is 2. The molecular weight excluding hydrogens is 452 g/mol. The van der Waals surface area contributed by atoms with Crippen LogP contribution in [0.15, 0.2) is 71.6 Å². The number of ether oxygens (including phenoxy) is 2.